The highest BCUT2D eigenvalue weighted by Gasteiger charge is 2.28. The van der Waals surface area contributed by atoms with Crippen LogP contribution in [-0.2, 0) is 16.0 Å². The number of ether oxygens (including phenoxy) is 1. The normalized spacial score (nSPS) is 12.7. The molecule has 0 fully saturated rings. The van der Waals surface area contributed by atoms with Crippen molar-refractivity contribution in [2.75, 3.05) is 24.6 Å². The van der Waals surface area contributed by atoms with Crippen molar-refractivity contribution in [3.05, 3.63) is 88.8 Å². The molecule has 0 atom stereocenters. The topological polar surface area (TPSA) is 71.5 Å². The number of rotatable bonds is 7. The van der Waals surface area contributed by atoms with Crippen molar-refractivity contribution in [1.82, 2.24) is 10.3 Å². The largest absolute Gasteiger partial charge is 0.482 e. The molecule has 0 aliphatic carbocycles. The second kappa shape index (κ2) is 10.3. The Hall–Kier alpha value is -3.68. The number of amides is 2. The SMILES string of the molecule is O=C(CN1C(=O)COc2ccc(-c3csc(-c4ccccc4Cl)n3)cc21)NCCc1ccccc1. The number of benzene rings is 3. The van der Waals surface area contributed by atoms with Gasteiger partial charge in [-0.3, -0.25) is 14.5 Å². The van der Waals surface area contributed by atoms with Gasteiger partial charge in [0.2, 0.25) is 5.91 Å². The van der Waals surface area contributed by atoms with Crippen molar-refractivity contribution in [1.29, 1.82) is 0 Å². The van der Waals surface area contributed by atoms with E-state index in [1.807, 2.05) is 78.2 Å². The quantitative estimate of drug-likeness (QED) is 0.375. The van der Waals surface area contributed by atoms with Gasteiger partial charge in [0.05, 0.1) is 16.4 Å². The summed E-state index contributed by atoms with van der Waals surface area (Å²) in [6.45, 7) is 0.324. The average molecular weight is 504 g/mol. The van der Waals surface area contributed by atoms with E-state index in [1.165, 1.54) is 16.2 Å². The Morgan fingerprint density at radius 2 is 1.89 bits per heavy atom. The summed E-state index contributed by atoms with van der Waals surface area (Å²) >= 11 is 7.83. The van der Waals surface area contributed by atoms with Crippen molar-refractivity contribution in [2.45, 2.75) is 6.42 Å². The first kappa shape index (κ1) is 23.1. The van der Waals surface area contributed by atoms with Crippen molar-refractivity contribution >= 4 is 40.4 Å². The Morgan fingerprint density at radius 1 is 1.09 bits per heavy atom. The lowest BCUT2D eigenvalue weighted by atomic mass is 10.1. The van der Waals surface area contributed by atoms with Crippen molar-refractivity contribution in [3.8, 4) is 27.6 Å². The van der Waals surface area contributed by atoms with Gasteiger partial charge in [-0.15, -0.1) is 11.3 Å². The Morgan fingerprint density at radius 3 is 2.71 bits per heavy atom. The number of aromatic nitrogens is 1. The number of carbonyl (C=O) groups is 2. The summed E-state index contributed by atoms with van der Waals surface area (Å²) in [6.07, 6.45) is 0.724. The van der Waals surface area contributed by atoms with Crippen LogP contribution in [0, 0.1) is 0 Å². The van der Waals surface area contributed by atoms with Crippen molar-refractivity contribution in [3.63, 3.8) is 0 Å². The molecular weight excluding hydrogens is 482 g/mol. The first-order valence-corrected chi connectivity index (χ1v) is 12.4. The molecule has 4 aromatic rings. The lowest BCUT2D eigenvalue weighted by molar-refractivity contribution is -0.125. The predicted octanol–water partition coefficient (Wildman–Crippen LogP) is 5.21. The van der Waals surface area contributed by atoms with Crippen LogP contribution in [0.4, 0.5) is 5.69 Å². The molecule has 0 unspecified atom stereocenters. The van der Waals surface area contributed by atoms with Crippen LogP contribution < -0.4 is 15.0 Å². The summed E-state index contributed by atoms with van der Waals surface area (Å²) in [6, 6.07) is 23.1. The lowest BCUT2D eigenvalue weighted by Gasteiger charge is -2.29. The van der Waals surface area contributed by atoms with Crippen molar-refractivity contribution in [2.24, 2.45) is 0 Å². The molecule has 1 N–H and O–H groups in total. The number of fused-ring (bicyclic) bond motifs is 1. The van der Waals surface area contributed by atoms with E-state index < -0.39 is 0 Å². The number of thiazole rings is 1. The summed E-state index contributed by atoms with van der Waals surface area (Å²) in [5.74, 6) is 0.0806. The molecule has 8 heteroatoms. The average Bonchev–Trinajstić information content (AvgIpc) is 3.36. The van der Waals surface area contributed by atoms with Crippen LogP contribution in [0.25, 0.3) is 21.8 Å². The molecule has 35 heavy (non-hydrogen) atoms. The molecule has 0 saturated heterocycles. The zero-order valence-electron chi connectivity index (χ0n) is 18.7. The summed E-state index contributed by atoms with van der Waals surface area (Å²) < 4.78 is 5.61. The molecule has 3 aromatic carbocycles. The Kier molecular flexibility index (Phi) is 6.79. The second-order valence-electron chi connectivity index (χ2n) is 8.05. The van der Waals surface area contributed by atoms with Gasteiger partial charge in [0, 0.05) is 23.1 Å². The molecule has 0 radical (unpaired) electrons. The molecule has 5 rings (SSSR count). The van der Waals surface area contributed by atoms with Gasteiger partial charge in [-0.05, 0) is 36.2 Å². The summed E-state index contributed by atoms with van der Waals surface area (Å²) in [5, 5.41) is 6.31. The molecule has 2 amide bonds. The molecular formula is C27H22ClN3O3S. The maximum Gasteiger partial charge on any atom is 0.265 e. The number of hydrogen-bond donors (Lipinski definition) is 1. The van der Waals surface area contributed by atoms with Gasteiger partial charge in [-0.25, -0.2) is 4.98 Å². The summed E-state index contributed by atoms with van der Waals surface area (Å²) in [7, 11) is 0. The monoisotopic (exact) mass is 503 g/mol. The Bertz CT molecular complexity index is 1370. The molecule has 6 nitrogen and oxygen atoms in total. The van der Waals surface area contributed by atoms with E-state index in [0.717, 1.165) is 33.8 Å². The van der Waals surface area contributed by atoms with Crippen molar-refractivity contribution < 1.29 is 14.3 Å². The molecule has 2 heterocycles. The van der Waals surface area contributed by atoms with E-state index in [1.54, 1.807) is 0 Å². The lowest BCUT2D eigenvalue weighted by Crippen LogP contribution is -2.45. The van der Waals surface area contributed by atoms with Crippen LogP contribution in [0.2, 0.25) is 5.02 Å². The minimum atomic E-state index is -0.261. The highest BCUT2D eigenvalue weighted by Crippen LogP contribution is 2.38. The van der Waals surface area contributed by atoms with Gasteiger partial charge in [-0.1, -0.05) is 60.1 Å². The maximum absolute atomic E-state index is 12.7. The van der Waals surface area contributed by atoms with Gasteiger partial charge in [0.15, 0.2) is 6.61 Å². The van der Waals surface area contributed by atoms with Crippen LogP contribution in [-0.4, -0.2) is 36.5 Å². The number of nitrogens with one attached hydrogen (secondary N) is 1. The van der Waals surface area contributed by atoms with Crippen LogP contribution in [0.5, 0.6) is 5.75 Å². The van der Waals surface area contributed by atoms with Gasteiger partial charge in [0.25, 0.3) is 5.91 Å². The molecule has 0 bridgehead atoms. The van der Waals surface area contributed by atoms with Crippen LogP contribution in [0.3, 0.4) is 0 Å². The molecule has 0 spiro atoms. The fourth-order valence-electron chi connectivity index (χ4n) is 3.89. The van der Waals surface area contributed by atoms with Gasteiger partial charge in [-0.2, -0.15) is 0 Å². The number of carbonyl (C=O) groups excluding carboxylic acids is 2. The minimum Gasteiger partial charge on any atom is -0.482 e. The summed E-state index contributed by atoms with van der Waals surface area (Å²) in [4.78, 5) is 31.5. The van der Waals surface area contributed by atoms with Gasteiger partial charge >= 0.3 is 0 Å². The van der Waals surface area contributed by atoms with E-state index in [9.17, 15) is 9.59 Å². The van der Waals surface area contributed by atoms with Crippen LogP contribution >= 0.6 is 22.9 Å². The van der Waals surface area contributed by atoms with E-state index in [4.69, 9.17) is 21.3 Å². The Balaban J connectivity index is 1.32. The molecule has 1 aliphatic rings. The maximum atomic E-state index is 12.7. The molecule has 0 saturated carbocycles. The highest BCUT2D eigenvalue weighted by molar-refractivity contribution is 7.13. The van der Waals surface area contributed by atoms with E-state index in [0.29, 0.717) is 23.0 Å². The first-order chi connectivity index (χ1) is 17.1. The third-order valence-corrected chi connectivity index (χ3v) is 6.89. The minimum absolute atomic E-state index is 0.0740. The fourth-order valence-corrected chi connectivity index (χ4v) is 5.04. The number of nitrogens with zero attached hydrogens (tertiary/aromatic N) is 2. The van der Waals surface area contributed by atoms with Gasteiger partial charge < -0.3 is 10.1 Å². The zero-order valence-corrected chi connectivity index (χ0v) is 20.3. The van der Waals surface area contributed by atoms with E-state index >= 15 is 0 Å². The highest BCUT2D eigenvalue weighted by atomic mass is 35.5. The molecule has 176 valence electrons. The second-order valence-corrected chi connectivity index (χ2v) is 9.32. The number of hydrogen-bond acceptors (Lipinski definition) is 5. The Labute approximate surface area is 212 Å². The van der Waals surface area contributed by atoms with Crippen LogP contribution in [0.1, 0.15) is 5.56 Å². The first-order valence-electron chi connectivity index (χ1n) is 11.2. The molecule has 1 aliphatic heterocycles. The van der Waals surface area contributed by atoms with Crippen LogP contribution in [0.15, 0.2) is 78.2 Å². The fraction of sp³-hybridized carbons (Fsp3) is 0.148. The third kappa shape index (κ3) is 5.21. The number of anilines is 1. The predicted molar refractivity (Wildman–Crippen MR) is 139 cm³/mol. The third-order valence-electron chi connectivity index (χ3n) is 5.69. The molecule has 1 aromatic heterocycles. The number of halogens is 1. The summed E-state index contributed by atoms with van der Waals surface area (Å²) in [5.41, 5.74) is 4.16. The standard InChI is InChI=1S/C27H22ClN3O3S/c28-21-9-5-4-8-20(21)27-30-22(17-35-27)19-10-11-24-23(14-19)31(26(33)16-34-24)15-25(32)29-13-12-18-6-2-1-3-7-18/h1-11,14,17H,12-13,15-16H2,(H,29,32). The van der Waals surface area contributed by atoms with E-state index in [2.05, 4.69) is 5.32 Å². The zero-order chi connectivity index (χ0) is 24.2. The van der Waals surface area contributed by atoms with Gasteiger partial charge in [0.1, 0.15) is 17.3 Å². The van der Waals surface area contributed by atoms with E-state index in [-0.39, 0.29) is 25.0 Å². The smallest absolute Gasteiger partial charge is 0.265 e.